The van der Waals surface area contributed by atoms with Gasteiger partial charge < -0.3 is 10.0 Å². The second kappa shape index (κ2) is 4.02. The Morgan fingerprint density at radius 1 is 1.38 bits per heavy atom. The van der Waals surface area contributed by atoms with Crippen LogP contribution in [-0.4, -0.2) is 40.8 Å². The molecule has 1 amide bonds. The molecule has 0 aliphatic carbocycles. The molecule has 5 heteroatoms. The summed E-state index contributed by atoms with van der Waals surface area (Å²) in [4.78, 5) is 33.6. The lowest BCUT2D eigenvalue weighted by atomic mass is 10.2. The van der Waals surface area contributed by atoms with E-state index in [9.17, 15) is 14.4 Å². The summed E-state index contributed by atoms with van der Waals surface area (Å²) in [6.07, 6.45) is 1.61. The van der Waals surface area contributed by atoms with Crippen molar-refractivity contribution in [2.24, 2.45) is 0 Å². The van der Waals surface area contributed by atoms with Crippen LogP contribution in [0.25, 0.3) is 0 Å². The fourth-order valence-electron chi connectivity index (χ4n) is 1.29. The van der Waals surface area contributed by atoms with Gasteiger partial charge in [-0.3, -0.25) is 14.4 Å². The third-order valence-electron chi connectivity index (χ3n) is 1.93. The van der Waals surface area contributed by atoms with Gasteiger partial charge in [-0.1, -0.05) is 0 Å². The Kier molecular flexibility index (Phi) is 3.00. The van der Waals surface area contributed by atoms with Gasteiger partial charge in [0.2, 0.25) is 5.78 Å². The van der Waals surface area contributed by atoms with Crippen molar-refractivity contribution < 1.29 is 19.5 Å². The summed E-state index contributed by atoms with van der Waals surface area (Å²) < 4.78 is 0. The van der Waals surface area contributed by atoms with Crippen molar-refractivity contribution in [1.82, 2.24) is 4.90 Å². The maximum atomic E-state index is 11.2. The zero-order valence-corrected chi connectivity index (χ0v) is 7.15. The Morgan fingerprint density at radius 2 is 2.08 bits per heavy atom. The topological polar surface area (TPSA) is 74.7 Å². The molecule has 1 heterocycles. The lowest BCUT2D eigenvalue weighted by molar-refractivity contribution is -0.148. The van der Waals surface area contributed by atoms with Crippen molar-refractivity contribution in [2.45, 2.75) is 19.3 Å². The molecular weight excluding hydrogens is 174 g/mol. The van der Waals surface area contributed by atoms with Crippen molar-refractivity contribution >= 4 is 17.7 Å². The second-order valence-corrected chi connectivity index (χ2v) is 3.00. The predicted octanol–water partition coefficient (Wildman–Crippen LogP) is -0.347. The summed E-state index contributed by atoms with van der Waals surface area (Å²) in [5.74, 6) is -2.21. The number of likely N-dealkylation sites (tertiary alicyclic amines) is 1. The Balaban J connectivity index is 2.64. The van der Waals surface area contributed by atoms with Crippen LogP contribution in [-0.2, 0) is 14.4 Å². The number of carboxylic acid groups (broad SMARTS) is 1. The first-order valence-electron chi connectivity index (χ1n) is 4.15. The molecule has 0 unspecified atom stereocenters. The fraction of sp³-hybridized carbons (Fsp3) is 0.625. The van der Waals surface area contributed by atoms with Gasteiger partial charge in [0.1, 0.15) is 6.54 Å². The summed E-state index contributed by atoms with van der Waals surface area (Å²) in [6.45, 7) is 0.00144. The summed E-state index contributed by atoms with van der Waals surface area (Å²) in [5.41, 5.74) is 0. The van der Waals surface area contributed by atoms with Gasteiger partial charge >= 0.3 is 5.97 Å². The Hall–Kier alpha value is -1.39. The van der Waals surface area contributed by atoms with Crippen LogP contribution in [0.4, 0.5) is 0 Å². The van der Waals surface area contributed by atoms with Crippen LogP contribution in [0.15, 0.2) is 0 Å². The summed E-state index contributed by atoms with van der Waals surface area (Å²) >= 11 is 0. The van der Waals surface area contributed by atoms with E-state index >= 15 is 0 Å². The number of Topliss-reactive ketones (excluding diaryl/α,β-unsaturated/α-hetero) is 1. The molecule has 0 radical (unpaired) electrons. The van der Waals surface area contributed by atoms with Gasteiger partial charge in [-0.15, -0.1) is 0 Å². The van der Waals surface area contributed by atoms with Crippen LogP contribution in [0.2, 0.25) is 0 Å². The highest BCUT2D eigenvalue weighted by molar-refractivity contribution is 6.36. The number of ketones is 1. The average Bonchev–Trinajstić information content (AvgIpc) is 2.19. The highest BCUT2D eigenvalue weighted by Crippen LogP contribution is 2.07. The quantitative estimate of drug-likeness (QED) is 0.597. The van der Waals surface area contributed by atoms with Gasteiger partial charge in [-0.05, 0) is 12.8 Å². The maximum absolute atomic E-state index is 11.2. The molecule has 1 N–H and O–H groups in total. The highest BCUT2D eigenvalue weighted by atomic mass is 16.4. The molecule has 5 nitrogen and oxygen atoms in total. The van der Waals surface area contributed by atoms with Crippen molar-refractivity contribution in [3.05, 3.63) is 0 Å². The van der Waals surface area contributed by atoms with Gasteiger partial charge in [0.25, 0.3) is 5.91 Å². The zero-order valence-electron chi connectivity index (χ0n) is 7.15. The third kappa shape index (κ3) is 2.54. The SMILES string of the molecule is O=C(O)CN1CCCCC(=O)C1=O. The highest BCUT2D eigenvalue weighted by Gasteiger charge is 2.25. The molecule has 0 saturated carbocycles. The molecule has 0 aromatic rings. The number of amides is 1. The van der Waals surface area contributed by atoms with Crippen LogP contribution >= 0.6 is 0 Å². The van der Waals surface area contributed by atoms with E-state index in [1.165, 1.54) is 0 Å². The molecule has 1 aliphatic rings. The van der Waals surface area contributed by atoms with Gasteiger partial charge in [-0.2, -0.15) is 0 Å². The minimum atomic E-state index is -1.08. The first-order valence-corrected chi connectivity index (χ1v) is 4.15. The molecule has 0 aromatic heterocycles. The van der Waals surface area contributed by atoms with Crippen molar-refractivity contribution in [3.63, 3.8) is 0 Å². The average molecular weight is 185 g/mol. The van der Waals surface area contributed by atoms with Crippen LogP contribution < -0.4 is 0 Å². The Morgan fingerprint density at radius 3 is 2.69 bits per heavy atom. The van der Waals surface area contributed by atoms with Crippen LogP contribution in [0, 0.1) is 0 Å². The number of carbonyl (C=O) groups excluding carboxylic acids is 2. The van der Waals surface area contributed by atoms with E-state index in [2.05, 4.69) is 0 Å². The number of aliphatic carboxylic acids is 1. The molecule has 1 saturated heterocycles. The third-order valence-corrected chi connectivity index (χ3v) is 1.93. The van der Waals surface area contributed by atoms with Crippen LogP contribution in [0.5, 0.6) is 0 Å². The minimum absolute atomic E-state index is 0.245. The smallest absolute Gasteiger partial charge is 0.323 e. The summed E-state index contributed by atoms with van der Waals surface area (Å²) in [6, 6.07) is 0. The molecular formula is C8H11NO4. The van der Waals surface area contributed by atoms with Crippen molar-refractivity contribution in [1.29, 1.82) is 0 Å². The molecule has 1 aliphatic heterocycles. The number of rotatable bonds is 2. The Labute approximate surface area is 75.3 Å². The van der Waals surface area contributed by atoms with E-state index in [1.54, 1.807) is 0 Å². The minimum Gasteiger partial charge on any atom is -0.480 e. The number of carbonyl (C=O) groups is 3. The number of nitrogens with zero attached hydrogens (tertiary/aromatic N) is 1. The van der Waals surface area contributed by atoms with E-state index < -0.39 is 17.7 Å². The molecule has 72 valence electrons. The van der Waals surface area contributed by atoms with E-state index in [0.717, 1.165) is 4.90 Å². The van der Waals surface area contributed by atoms with Gasteiger partial charge in [0, 0.05) is 13.0 Å². The van der Waals surface area contributed by atoms with E-state index in [1.807, 2.05) is 0 Å². The number of hydrogen-bond acceptors (Lipinski definition) is 3. The van der Waals surface area contributed by atoms with E-state index in [0.29, 0.717) is 19.4 Å². The molecule has 13 heavy (non-hydrogen) atoms. The summed E-state index contributed by atoms with van der Waals surface area (Å²) in [5, 5.41) is 8.46. The predicted molar refractivity (Wildman–Crippen MR) is 43.1 cm³/mol. The number of hydrogen-bond donors (Lipinski definition) is 1. The van der Waals surface area contributed by atoms with Gasteiger partial charge in [0.15, 0.2) is 0 Å². The number of carboxylic acids is 1. The standard InChI is InChI=1S/C8H11NO4/c10-6-3-1-2-4-9(8(6)13)5-7(11)12/h1-5H2,(H,11,12). The first-order chi connectivity index (χ1) is 6.11. The van der Waals surface area contributed by atoms with E-state index in [-0.39, 0.29) is 13.0 Å². The van der Waals surface area contributed by atoms with Crippen LogP contribution in [0.3, 0.4) is 0 Å². The van der Waals surface area contributed by atoms with Crippen LogP contribution in [0.1, 0.15) is 19.3 Å². The molecule has 1 fully saturated rings. The molecule has 0 spiro atoms. The monoisotopic (exact) mass is 185 g/mol. The zero-order chi connectivity index (χ0) is 9.84. The largest absolute Gasteiger partial charge is 0.480 e. The van der Waals surface area contributed by atoms with Crippen molar-refractivity contribution in [2.75, 3.05) is 13.1 Å². The second-order valence-electron chi connectivity index (χ2n) is 3.00. The molecule has 0 bridgehead atoms. The van der Waals surface area contributed by atoms with Gasteiger partial charge in [-0.25, -0.2) is 0 Å². The van der Waals surface area contributed by atoms with E-state index in [4.69, 9.17) is 5.11 Å². The molecule has 0 aromatic carbocycles. The first kappa shape index (κ1) is 9.70. The maximum Gasteiger partial charge on any atom is 0.323 e. The molecule has 0 atom stereocenters. The van der Waals surface area contributed by atoms with Gasteiger partial charge in [0.05, 0.1) is 0 Å². The molecule has 1 rings (SSSR count). The normalized spacial score (nSPS) is 18.6. The summed E-state index contributed by atoms with van der Waals surface area (Å²) in [7, 11) is 0. The lowest BCUT2D eigenvalue weighted by Crippen LogP contribution is -2.38. The lowest BCUT2D eigenvalue weighted by Gasteiger charge is -2.16. The van der Waals surface area contributed by atoms with Crippen molar-refractivity contribution in [3.8, 4) is 0 Å². The fourth-order valence-corrected chi connectivity index (χ4v) is 1.29. The Bertz CT molecular complexity index is 249.